The Morgan fingerprint density at radius 3 is 2.28 bits per heavy atom. The van der Waals surface area contributed by atoms with Crippen LogP contribution in [0.25, 0.3) is 0 Å². The Bertz CT molecular complexity index is 456. The van der Waals surface area contributed by atoms with E-state index < -0.39 is 11.5 Å². The van der Waals surface area contributed by atoms with Crippen LogP contribution in [0, 0.1) is 19.3 Å². The lowest BCUT2D eigenvalue weighted by Crippen LogP contribution is -2.34. The molecule has 0 saturated carbocycles. The second kappa shape index (κ2) is 5.11. The van der Waals surface area contributed by atoms with Gasteiger partial charge in [-0.1, -0.05) is 26.8 Å². The molecule has 3 nitrogen and oxygen atoms in total. The summed E-state index contributed by atoms with van der Waals surface area (Å²) in [4.78, 5) is 12.3. The van der Waals surface area contributed by atoms with Crippen LogP contribution in [0.4, 0.5) is 0 Å². The van der Waals surface area contributed by atoms with Gasteiger partial charge in [0.25, 0.3) is 0 Å². The van der Waals surface area contributed by atoms with Gasteiger partial charge in [0.05, 0.1) is 12.7 Å². The summed E-state index contributed by atoms with van der Waals surface area (Å²) in [6, 6.07) is 3.60. The van der Waals surface area contributed by atoms with Crippen molar-refractivity contribution in [2.75, 3.05) is 7.11 Å². The molecule has 0 aliphatic carbocycles. The minimum absolute atomic E-state index is 0.289. The van der Waals surface area contributed by atoms with E-state index in [4.69, 9.17) is 4.74 Å². The fourth-order valence-electron chi connectivity index (χ4n) is 1.79. The maximum atomic E-state index is 12.3. The number of hydrogen-bond acceptors (Lipinski definition) is 3. The van der Waals surface area contributed by atoms with Crippen LogP contribution in [0.15, 0.2) is 12.1 Å². The van der Waals surface area contributed by atoms with Gasteiger partial charge in [0.2, 0.25) is 0 Å². The van der Waals surface area contributed by atoms with Crippen molar-refractivity contribution in [1.29, 1.82) is 0 Å². The summed E-state index contributed by atoms with van der Waals surface area (Å²) in [6.07, 6.45) is -1.03. The highest BCUT2D eigenvalue weighted by Gasteiger charge is 2.31. The van der Waals surface area contributed by atoms with Gasteiger partial charge >= 0.3 is 0 Å². The number of aliphatic hydroxyl groups is 1. The summed E-state index contributed by atoms with van der Waals surface area (Å²) in [6.45, 7) is 9.38. The molecule has 1 unspecified atom stereocenters. The van der Waals surface area contributed by atoms with Crippen molar-refractivity contribution in [3.63, 3.8) is 0 Å². The third-order valence-electron chi connectivity index (χ3n) is 3.21. The van der Waals surface area contributed by atoms with E-state index in [1.165, 1.54) is 0 Å². The van der Waals surface area contributed by atoms with Crippen LogP contribution in [0.3, 0.4) is 0 Å². The quantitative estimate of drug-likeness (QED) is 0.839. The van der Waals surface area contributed by atoms with E-state index in [1.807, 2.05) is 40.7 Å². The van der Waals surface area contributed by atoms with E-state index in [1.54, 1.807) is 13.2 Å². The highest BCUT2D eigenvalue weighted by Crippen LogP contribution is 2.30. The number of Topliss-reactive ketones (excluding diaryl/α,β-unsaturated/α-hetero) is 1. The molecule has 1 rings (SSSR count). The fourth-order valence-corrected chi connectivity index (χ4v) is 1.79. The third kappa shape index (κ3) is 2.72. The molecule has 0 bridgehead atoms. The van der Waals surface area contributed by atoms with Crippen molar-refractivity contribution in [3.8, 4) is 5.75 Å². The van der Waals surface area contributed by atoms with Gasteiger partial charge in [-0.15, -0.1) is 0 Å². The van der Waals surface area contributed by atoms with E-state index in [9.17, 15) is 9.90 Å². The van der Waals surface area contributed by atoms with Crippen LogP contribution in [-0.4, -0.2) is 24.1 Å². The number of aryl methyl sites for hydroxylation is 1. The van der Waals surface area contributed by atoms with E-state index in [0.29, 0.717) is 11.3 Å². The molecular weight excluding hydrogens is 228 g/mol. The number of ketones is 1. The molecule has 0 aliphatic heterocycles. The summed E-state index contributed by atoms with van der Waals surface area (Å²) in [5.74, 6) is 0.269. The number of rotatable bonds is 3. The lowest BCUT2D eigenvalue weighted by Gasteiger charge is -2.25. The SMILES string of the molecule is COc1c(C(=O)C(O)C(C)(C)C)ccc(C)c1C. The average Bonchev–Trinajstić information content (AvgIpc) is 2.29. The van der Waals surface area contributed by atoms with Crippen molar-refractivity contribution in [1.82, 2.24) is 0 Å². The summed E-state index contributed by atoms with van der Waals surface area (Å²) in [5.41, 5.74) is 1.96. The van der Waals surface area contributed by atoms with Crippen LogP contribution in [-0.2, 0) is 0 Å². The average molecular weight is 250 g/mol. The molecule has 0 saturated heterocycles. The Kier molecular flexibility index (Phi) is 4.17. The number of carbonyl (C=O) groups is 1. The largest absolute Gasteiger partial charge is 0.496 e. The molecule has 0 fully saturated rings. The molecule has 18 heavy (non-hydrogen) atoms. The zero-order chi connectivity index (χ0) is 14.1. The molecule has 3 heteroatoms. The molecule has 1 atom stereocenters. The van der Waals surface area contributed by atoms with E-state index in [2.05, 4.69) is 0 Å². The standard InChI is InChI=1S/C15H22O3/c1-9-7-8-11(13(18-6)10(9)2)12(16)14(17)15(3,4)5/h7-8,14,17H,1-6H3. The molecule has 0 amide bonds. The Hall–Kier alpha value is -1.35. The predicted octanol–water partition coefficient (Wildman–Crippen LogP) is 2.90. The first-order valence-corrected chi connectivity index (χ1v) is 6.06. The lowest BCUT2D eigenvalue weighted by atomic mass is 9.84. The van der Waals surface area contributed by atoms with Gasteiger partial charge in [-0.2, -0.15) is 0 Å². The minimum Gasteiger partial charge on any atom is -0.496 e. The summed E-state index contributed by atoms with van der Waals surface area (Å²) in [5, 5.41) is 10.1. The molecule has 0 aromatic heterocycles. The smallest absolute Gasteiger partial charge is 0.195 e. The van der Waals surface area contributed by atoms with Gasteiger partial charge in [-0.05, 0) is 36.5 Å². The third-order valence-corrected chi connectivity index (χ3v) is 3.21. The highest BCUT2D eigenvalue weighted by molar-refractivity contribution is 6.02. The van der Waals surface area contributed by atoms with Crippen molar-refractivity contribution in [2.45, 2.75) is 40.7 Å². The molecule has 0 spiro atoms. The molecule has 1 N–H and O–H groups in total. The normalized spacial score (nSPS) is 13.3. The summed E-state index contributed by atoms with van der Waals surface area (Å²) >= 11 is 0. The van der Waals surface area contributed by atoms with Crippen LogP contribution in [0.2, 0.25) is 0 Å². The molecule has 0 aliphatic rings. The Balaban J connectivity index is 3.26. The maximum Gasteiger partial charge on any atom is 0.195 e. The van der Waals surface area contributed by atoms with Gasteiger partial charge in [0, 0.05) is 0 Å². The second-order valence-electron chi connectivity index (χ2n) is 5.72. The van der Waals surface area contributed by atoms with Crippen molar-refractivity contribution in [3.05, 3.63) is 28.8 Å². The Morgan fingerprint density at radius 2 is 1.83 bits per heavy atom. The van der Waals surface area contributed by atoms with Gasteiger partial charge in [-0.25, -0.2) is 0 Å². The molecular formula is C15H22O3. The first kappa shape index (κ1) is 14.7. The first-order chi connectivity index (χ1) is 8.20. The number of hydrogen-bond donors (Lipinski definition) is 1. The van der Waals surface area contributed by atoms with Crippen LogP contribution < -0.4 is 4.74 Å². The molecule has 1 aromatic carbocycles. The van der Waals surface area contributed by atoms with Crippen molar-refractivity contribution < 1.29 is 14.6 Å². The molecule has 1 aromatic rings. The number of aliphatic hydroxyl groups excluding tert-OH is 1. The number of ether oxygens (including phenoxy) is 1. The van der Waals surface area contributed by atoms with E-state index in [0.717, 1.165) is 11.1 Å². The van der Waals surface area contributed by atoms with Crippen molar-refractivity contribution in [2.24, 2.45) is 5.41 Å². The zero-order valence-corrected chi connectivity index (χ0v) is 12.0. The second-order valence-corrected chi connectivity index (χ2v) is 5.72. The van der Waals surface area contributed by atoms with Gasteiger partial charge in [-0.3, -0.25) is 4.79 Å². The lowest BCUT2D eigenvalue weighted by molar-refractivity contribution is 0.0440. The Labute approximate surface area is 109 Å². The zero-order valence-electron chi connectivity index (χ0n) is 12.0. The fraction of sp³-hybridized carbons (Fsp3) is 0.533. The molecule has 0 radical (unpaired) electrons. The van der Waals surface area contributed by atoms with Crippen molar-refractivity contribution >= 4 is 5.78 Å². The van der Waals surface area contributed by atoms with E-state index >= 15 is 0 Å². The number of benzene rings is 1. The van der Waals surface area contributed by atoms with Gasteiger partial charge in [0.1, 0.15) is 11.9 Å². The molecule has 0 heterocycles. The van der Waals surface area contributed by atoms with Crippen LogP contribution in [0.5, 0.6) is 5.75 Å². The minimum atomic E-state index is -1.03. The van der Waals surface area contributed by atoms with E-state index in [-0.39, 0.29) is 5.78 Å². The highest BCUT2D eigenvalue weighted by atomic mass is 16.5. The van der Waals surface area contributed by atoms with Crippen LogP contribution in [0.1, 0.15) is 42.3 Å². The topological polar surface area (TPSA) is 46.5 Å². The number of carbonyl (C=O) groups excluding carboxylic acids is 1. The summed E-state index contributed by atoms with van der Waals surface area (Å²) in [7, 11) is 1.54. The predicted molar refractivity (Wildman–Crippen MR) is 72.3 cm³/mol. The Morgan fingerprint density at radius 1 is 1.28 bits per heavy atom. The summed E-state index contributed by atoms with van der Waals surface area (Å²) < 4.78 is 5.31. The van der Waals surface area contributed by atoms with Gasteiger partial charge < -0.3 is 9.84 Å². The van der Waals surface area contributed by atoms with Gasteiger partial charge in [0.15, 0.2) is 5.78 Å². The number of methoxy groups -OCH3 is 1. The monoisotopic (exact) mass is 250 g/mol. The molecule has 100 valence electrons. The first-order valence-electron chi connectivity index (χ1n) is 6.06. The van der Waals surface area contributed by atoms with Crippen LogP contribution >= 0.6 is 0 Å². The maximum absolute atomic E-state index is 12.3.